The number of thiazole rings is 1. The fourth-order valence-electron chi connectivity index (χ4n) is 2.92. The van der Waals surface area contributed by atoms with Crippen LogP contribution < -0.4 is 5.32 Å². The molecule has 1 aliphatic rings. The third kappa shape index (κ3) is 3.04. The third-order valence-electron chi connectivity index (χ3n) is 3.85. The van der Waals surface area contributed by atoms with Gasteiger partial charge in [0.1, 0.15) is 0 Å². The molecule has 1 heterocycles. The number of benzene rings is 1. The Bertz CT molecular complexity index is 547. The number of aromatic nitrogens is 1. The predicted octanol–water partition coefficient (Wildman–Crippen LogP) is 3.66. The van der Waals surface area contributed by atoms with E-state index in [-0.39, 0.29) is 0 Å². The lowest BCUT2D eigenvalue weighted by Crippen LogP contribution is -2.23. The number of nitrogens with zero attached hydrogens (tertiary/aromatic N) is 1. The molecule has 3 rings (SSSR count). The van der Waals surface area contributed by atoms with Gasteiger partial charge in [0.2, 0.25) is 0 Å². The number of fused-ring (bicyclic) bond motifs is 1. The molecule has 1 N–H and O–H groups in total. The third-order valence-corrected chi connectivity index (χ3v) is 4.77. The van der Waals surface area contributed by atoms with Crippen LogP contribution in [0.3, 0.4) is 0 Å². The Balaban J connectivity index is 1.59. The topological polar surface area (TPSA) is 24.9 Å². The van der Waals surface area contributed by atoms with Crippen LogP contribution in [0, 0.1) is 6.92 Å². The summed E-state index contributed by atoms with van der Waals surface area (Å²) >= 11 is 1.79. The zero-order valence-electron chi connectivity index (χ0n) is 11.4. The van der Waals surface area contributed by atoms with E-state index < -0.39 is 0 Å². The van der Waals surface area contributed by atoms with Gasteiger partial charge >= 0.3 is 0 Å². The van der Waals surface area contributed by atoms with Crippen LogP contribution >= 0.6 is 11.3 Å². The van der Waals surface area contributed by atoms with Crippen LogP contribution in [0.25, 0.3) is 0 Å². The zero-order chi connectivity index (χ0) is 13.1. The Morgan fingerprint density at radius 3 is 3.11 bits per heavy atom. The molecule has 0 aliphatic heterocycles. The van der Waals surface area contributed by atoms with Crippen molar-refractivity contribution >= 4 is 11.3 Å². The summed E-state index contributed by atoms with van der Waals surface area (Å²) < 4.78 is 0. The van der Waals surface area contributed by atoms with Crippen LogP contribution in [0.2, 0.25) is 0 Å². The molecule has 2 aromatic rings. The Morgan fingerprint density at radius 1 is 1.37 bits per heavy atom. The van der Waals surface area contributed by atoms with E-state index in [4.69, 9.17) is 0 Å². The number of aryl methyl sites for hydroxylation is 2. The molecule has 0 saturated heterocycles. The predicted molar refractivity (Wildman–Crippen MR) is 80.7 cm³/mol. The lowest BCUT2D eigenvalue weighted by atomic mass is 9.83. The van der Waals surface area contributed by atoms with E-state index in [1.54, 1.807) is 22.5 Å². The highest BCUT2D eigenvalue weighted by atomic mass is 32.1. The van der Waals surface area contributed by atoms with Crippen LogP contribution in [0.1, 0.15) is 39.8 Å². The number of hydrogen-bond donors (Lipinski definition) is 1. The van der Waals surface area contributed by atoms with Gasteiger partial charge in [-0.2, -0.15) is 0 Å². The highest BCUT2D eigenvalue weighted by molar-refractivity contribution is 7.11. The average molecular weight is 272 g/mol. The monoisotopic (exact) mass is 272 g/mol. The van der Waals surface area contributed by atoms with Crippen molar-refractivity contribution in [3.8, 4) is 0 Å². The Kier molecular flexibility index (Phi) is 3.95. The Morgan fingerprint density at radius 2 is 2.26 bits per heavy atom. The van der Waals surface area contributed by atoms with Gasteiger partial charge in [0.05, 0.1) is 5.01 Å². The minimum absolute atomic E-state index is 0.680. The molecule has 0 saturated carbocycles. The maximum Gasteiger partial charge on any atom is 0.0897 e. The van der Waals surface area contributed by atoms with Gasteiger partial charge in [0, 0.05) is 24.2 Å². The number of rotatable bonds is 4. The van der Waals surface area contributed by atoms with E-state index in [1.165, 1.54) is 24.1 Å². The molecule has 19 heavy (non-hydrogen) atoms. The minimum Gasteiger partial charge on any atom is -0.311 e. The minimum atomic E-state index is 0.680. The largest absolute Gasteiger partial charge is 0.311 e. The molecule has 3 heteroatoms. The Hall–Kier alpha value is -1.19. The molecule has 0 spiro atoms. The van der Waals surface area contributed by atoms with Crippen molar-refractivity contribution < 1.29 is 0 Å². The van der Waals surface area contributed by atoms with E-state index >= 15 is 0 Å². The smallest absolute Gasteiger partial charge is 0.0897 e. The van der Waals surface area contributed by atoms with Gasteiger partial charge in [-0.3, -0.25) is 0 Å². The van der Waals surface area contributed by atoms with Crippen molar-refractivity contribution in [2.75, 3.05) is 6.54 Å². The maximum absolute atomic E-state index is 4.30. The van der Waals surface area contributed by atoms with Crippen LogP contribution in [0.15, 0.2) is 30.5 Å². The van der Waals surface area contributed by atoms with Crippen molar-refractivity contribution in [3.63, 3.8) is 0 Å². The van der Waals surface area contributed by atoms with Gasteiger partial charge in [-0.15, -0.1) is 11.3 Å². The SMILES string of the molecule is Cc1ncc(CNCC2CCCc3ccccc32)s1. The summed E-state index contributed by atoms with van der Waals surface area (Å²) in [5.74, 6) is 0.680. The number of hydrogen-bond acceptors (Lipinski definition) is 3. The van der Waals surface area contributed by atoms with E-state index in [0.29, 0.717) is 5.92 Å². The van der Waals surface area contributed by atoms with Crippen LogP contribution in [0.4, 0.5) is 0 Å². The van der Waals surface area contributed by atoms with Crippen LogP contribution in [-0.2, 0) is 13.0 Å². The summed E-state index contributed by atoms with van der Waals surface area (Å²) in [6.45, 7) is 4.09. The van der Waals surface area contributed by atoms with Crippen molar-refractivity contribution in [2.45, 2.75) is 38.6 Å². The molecule has 0 radical (unpaired) electrons. The zero-order valence-corrected chi connectivity index (χ0v) is 12.2. The highest BCUT2D eigenvalue weighted by Crippen LogP contribution is 2.30. The van der Waals surface area contributed by atoms with Crippen molar-refractivity contribution in [3.05, 3.63) is 51.5 Å². The molecule has 1 atom stereocenters. The summed E-state index contributed by atoms with van der Waals surface area (Å²) in [5, 5.41) is 4.75. The molecule has 1 unspecified atom stereocenters. The van der Waals surface area contributed by atoms with Crippen LogP contribution in [-0.4, -0.2) is 11.5 Å². The molecule has 1 aromatic carbocycles. The molecule has 0 bridgehead atoms. The summed E-state index contributed by atoms with van der Waals surface area (Å²) in [6.07, 6.45) is 5.87. The van der Waals surface area contributed by atoms with Gasteiger partial charge < -0.3 is 5.32 Å². The number of nitrogens with one attached hydrogen (secondary N) is 1. The summed E-state index contributed by atoms with van der Waals surface area (Å²) in [5.41, 5.74) is 3.11. The molecule has 100 valence electrons. The van der Waals surface area contributed by atoms with E-state index in [9.17, 15) is 0 Å². The molecule has 1 aliphatic carbocycles. The lowest BCUT2D eigenvalue weighted by molar-refractivity contribution is 0.508. The van der Waals surface area contributed by atoms with Crippen molar-refractivity contribution in [1.29, 1.82) is 0 Å². The average Bonchev–Trinajstić information content (AvgIpc) is 2.85. The van der Waals surface area contributed by atoms with Gasteiger partial charge in [0.25, 0.3) is 0 Å². The first-order chi connectivity index (χ1) is 9.33. The molecule has 1 aromatic heterocycles. The molecule has 0 amide bonds. The van der Waals surface area contributed by atoms with Crippen LogP contribution in [0.5, 0.6) is 0 Å². The van der Waals surface area contributed by atoms with Gasteiger partial charge in [-0.25, -0.2) is 4.98 Å². The summed E-state index contributed by atoms with van der Waals surface area (Å²) in [7, 11) is 0. The molecular weight excluding hydrogens is 252 g/mol. The maximum atomic E-state index is 4.30. The van der Waals surface area contributed by atoms with Gasteiger partial charge in [0.15, 0.2) is 0 Å². The van der Waals surface area contributed by atoms with Gasteiger partial charge in [-0.05, 0) is 43.2 Å². The molecule has 2 nitrogen and oxygen atoms in total. The first-order valence-electron chi connectivity index (χ1n) is 7.03. The first kappa shape index (κ1) is 12.8. The molecular formula is C16H20N2S. The second-order valence-electron chi connectivity index (χ2n) is 5.26. The van der Waals surface area contributed by atoms with E-state index in [2.05, 4.69) is 41.5 Å². The van der Waals surface area contributed by atoms with E-state index in [0.717, 1.165) is 18.1 Å². The van der Waals surface area contributed by atoms with Crippen molar-refractivity contribution in [1.82, 2.24) is 10.3 Å². The highest BCUT2D eigenvalue weighted by Gasteiger charge is 2.19. The fraction of sp³-hybridized carbons (Fsp3) is 0.438. The second kappa shape index (κ2) is 5.85. The quantitative estimate of drug-likeness (QED) is 0.918. The Labute approximate surface area is 118 Å². The van der Waals surface area contributed by atoms with Gasteiger partial charge in [-0.1, -0.05) is 24.3 Å². The van der Waals surface area contributed by atoms with Crippen molar-refractivity contribution in [2.24, 2.45) is 0 Å². The normalized spacial score (nSPS) is 18.3. The summed E-state index contributed by atoms with van der Waals surface area (Å²) in [6, 6.07) is 8.92. The standard InChI is InChI=1S/C16H20N2S/c1-12-18-11-15(19-12)10-17-9-14-7-4-6-13-5-2-3-8-16(13)14/h2-3,5,8,11,14,17H,4,6-7,9-10H2,1H3. The van der Waals surface area contributed by atoms with E-state index in [1.807, 2.05) is 6.20 Å². The molecule has 0 fully saturated rings. The lowest BCUT2D eigenvalue weighted by Gasteiger charge is -2.25. The first-order valence-corrected chi connectivity index (χ1v) is 7.84. The summed E-state index contributed by atoms with van der Waals surface area (Å²) in [4.78, 5) is 5.63. The fourth-order valence-corrected chi connectivity index (χ4v) is 3.69. The second-order valence-corrected chi connectivity index (χ2v) is 6.58.